The van der Waals surface area contributed by atoms with Crippen LogP contribution in [0.2, 0.25) is 4.45 Å². The minimum atomic E-state index is -2.60. The van der Waals surface area contributed by atoms with Gasteiger partial charge in [0.1, 0.15) is 0 Å². The first-order chi connectivity index (χ1) is 11.1. The summed E-state index contributed by atoms with van der Waals surface area (Å²) in [6.07, 6.45) is 22.1. The maximum absolute atomic E-state index is 12.9. The molecule has 23 heavy (non-hydrogen) atoms. The molecule has 3 heteroatoms. The van der Waals surface area contributed by atoms with Crippen molar-refractivity contribution in [2.45, 2.75) is 57.8 Å². The van der Waals surface area contributed by atoms with Crippen molar-refractivity contribution in [1.29, 1.82) is 0 Å². The summed E-state index contributed by atoms with van der Waals surface area (Å²) in [6, 6.07) is 0. The van der Waals surface area contributed by atoms with Crippen LogP contribution in [0.5, 0.6) is 0 Å². The van der Waals surface area contributed by atoms with Gasteiger partial charge in [0.15, 0.2) is 0 Å². The summed E-state index contributed by atoms with van der Waals surface area (Å²) in [5.41, 5.74) is 0. The number of hydrogen-bond donors (Lipinski definition) is 1. The predicted molar refractivity (Wildman–Crippen MR) is 94.7 cm³/mol. The Bertz CT molecular complexity index is 480. The summed E-state index contributed by atoms with van der Waals surface area (Å²) >= 11 is -2.60. The molecule has 0 aromatic carbocycles. The fourth-order valence-corrected chi connectivity index (χ4v) is 14.1. The Morgan fingerprint density at radius 2 is 1.26 bits per heavy atom. The predicted octanol–water partition coefficient (Wildman–Crippen LogP) is 5.46. The number of amides is 1. The summed E-state index contributed by atoms with van der Waals surface area (Å²) in [5.74, 6) is 0.444. The Morgan fingerprint density at radius 3 is 1.57 bits per heavy atom. The monoisotopic (exact) mass is 389 g/mol. The Balaban J connectivity index is 2.38. The molecule has 2 aliphatic rings. The van der Waals surface area contributed by atoms with E-state index in [4.69, 9.17) is 0 Å². The number of hydrogen-bond acceptors (Lipinski definition) is 1. The van der Waals surface area contributed by atoms with Gasteiger partial charge < -0.3 is 0 Å². The number of carbonyl (C=O) groups is 1. The molecule has 0 fully saturated rings. The number of carbonyl (C=O) groups excluding carboxylic acids is 1. The summed E-state index contributed by atoms with van der Waals surface area (Å²) < 4.78 is 3.87. The molecule has 0 aromatic heterocycles. The van der Waals surface area contributed by atoms with Crippen molar-refractivity contribution in [1.82, 2.24) is 2.45 Å². The van der Waals surface area contributed by atoms with Crippen LogP contribution in [0.4, 0.5) is 0 Å². The van der Waals surface area contributed by atoms with Crippen LogP contribution in [-0.4, -0.2) is 5.91 Å². The molecule has 0 bridgehead atoms. The van der Waals surface area contributed by atoms with Crippen LogP contribution >= 0.6 is 0 Å². The minimum absolute atomic E-state index is 0.110. The molecule has 0 saturated carbocycles. The quantitative estimate of drug-likeness (QED) is 0.587. The van der Waals surface area contributed by atoms with Crippen LogP contribution in [-0.2, 0) is 32.6 Å². The van der Waals surface area contributed by atoms with E-state index in [-0.39, 0.29) is 10.4 Å². The number of rotatable bonds is 8. The maximum atomic E-state index is 12.9. The molecule has 0 radical (unpaired) electrons. The van der Waals surface area contributed by atoms with E-state index in [0.717, 1.165) is 25.7 Å². The topological polar surface area (TPSA) is 29.1 Å². The van der Waals surface area contributed by atoms with Crippen molar-refractivity contribution < 1.29 is 32.6 Å². The third-order valence-corrected chi connectivity index (χ3v) is 16.4. The standard InChI is InChI=1S/2C7H9.C6H13NO.Y/c2*1-2-7-5-3-4-6-7;1-3-5(4-2)6(7)8;/h2*3-6H,2H2,1H3;5H,3-4H2,1-2H3,(H2,7,8);/q;;;+1/p-1. The van der Waals surface area contributed by atoms with E-state index in [2.05, 4.69) is 78.8 Å². The average molecular weight is 389 g/mol. The van der Waals surface area contributed by atoms with Crippen molar-refractivity contribution in [2.75, 3.05) is 0 Å². The van der Waals surface area contributed by atoms with E-state index in [1.54, 1.807) is 0 Å². The molecular formula is C20H30NOY. The van der Waals surface area contributed by atoms with Crippen molar-refractivity contribution in [2.24, 2.45) is 5.92 Å². The van der Waals surface area contributed by atoms with Gasteiger partial charge in [-0.25, -0.2) is 0 Å². The van der Waals surface area contributed by atoms with Crippen LogP contribution in [0.15, 0.2) is 48.6 Å². The van der Waals surface area contributed by atoms with Gasteiger partial charge >= 0.3 is 153 Å². The van der Waals surface area contributed by atoms with Crippen LogP contribution in [0, 0.1) is 5.92 Å². The van der Waals surface area contributed by atoms with Crippen LogP contribution in [0.25, 0.3) is 0 Å². The molecule has 0 heterocycles. The summed E-state index contributed by atoms with van der Waals surface area (Å²) in [6.45, 7) is 8.76. The molecule has 0 spiro atoms. The molecular weight excluding hydrogens is 359 g/mol. The summed E-state index contributed by atoms with van der Waals surface area (Å²) in [7, 11) is 0. The number of allylic oxidation sites excluding steroid dienone is 8. The van der Waals surface area contributed by atoms with Gasteiger partial charge in [0.25, 0.3) is 0 Å². The van der Waals surface area contributed by atoms with E-state index in [1.807, 2.05) is 0 Å². The molecule has 1 amide bonds. The molecule has 2 nitrogen and oxygen atoms in total. The first-order valence-corrected chi connectivity index (χ1v) is 13.4. The van der Waals surface area contributed by atoms with Gasteiger partial charge in [-0.15, -0.1) is 0 Å². The third-order valence-electron chi connectivity index (χ3n) is 5.79. The molecule has 2 rings (SSSR count). The van der Waals surface area contributed by atoms with Crippen LogP contribution in [0.1, 0.15) is 53.4 Å². The second-order valence-electron chi connectivity index (χ2n) is 6.82. The van der Waals surface area contributed by atoms with Crippen molar-refractivity contribution >= 4 is 5.91 Å². The zero-order chi connectivity index (χ0) is 16.9. The molecule has 0 aromatic rings. The van der Waals surface area contributed by atoms with E-state index in [1.165, 1.54) is 0 Å². The van der Waals surface area contributed by atoms with E-state index in [0.29, 0.717) is 5.91 Å². The normalized spacial score (nSPS) is 19.7. The molecule has 0 saturated heterocycles. The fraction of sp³-hybridized carbons (Fsp3) is 0.550. The molecule has 1 N–H and O–H groups in total. The second-order valence-corrected chi connectivity index (χ2v) is 14.9. The van der Waals surface area contributed by atoms with Gasteiger partial charge in [-0.1, -0.05) is 0 Å². The summed E-state index contributed by atoms with van der Waals surface area (Å²) in [5, 5.41) is 0. The third kappa shape index (κ3) is 3.64. The molecule has 0 atom stereocenters. The van der Waals surface area contributed by atoms with E-state index >= 15 is 0 Å². The van der Waals surface area contributed by atoms with Crippen molar-refractivity contribution in [3.05, 3.63) is 48.6 Å². The van der Waals surface area contributed by atoms with Gasteiger partial charge in [0.2, 0.25) is 0 Å². The Hall–Kier alpha value is -0.466. The first kappa shape index (κ1) is 18.9. The molecule has 2 aliphatic carbocycles. The number of nitrogens with one attached hydrogen (secondary N) is 1. The van der Waals surface area contributed by atoms with E-state index < -0.39 is 27.8 Å². The van der Waals surface area contributed by atoms with Crippen molar-refractivity contribution in [3.8, 4) is 0 Å². The van der Waals surface area contributed by atoms with Crippen LogP contribution in [0.3, 0.4) is 0 Å². The van der Waals surface area contributed by atoms with Gasteiger partial charge in [0.05, 0.1) is 0 Å². The molecule has 0 aliphatic heterocycles. The Kier molecular flexibility index (Phi) is 6.62. The Labute approximate surface area is 152 Å². The first-order valence-electron chi connectivity index (χ1n) is 9.12. The fourth-order valence-electron chi connectivity index (χ4n) is 4.00. The van der Waals surface area contributed by atoms with Gasteiger partial charge in [-0.2, -0.15) is 0 Å². The zero-order valence-corrected chi connectivity index (χ0v) is 17.8. The molecule has 124 valence electrons. The Morgan fingerprint density at radius 1 is 0.870 bits per heavy atom. The van der Waals surface area contributed by atoms with Gasteiger partial charge in [-0.05, 0) is 0 Å². The zero-order valence-electron chi connectivity index (χ0n) is 15.0. The summed E-state index contributed by atoms with van der Waals surface area (Å²) in [4.78, 5) is 12.9. The second kappa shape index (κ2) is 8.07. The molecule has 0 unspecified atom stereocenters. The average Bonchev–Trinajstić information content (AvgIpc) is 3.24. The van der Waals surface area contributed by atoms with Crippen molar-refractivity contribution in [3.63, 3.8) is 0 Å². The van der Waals surface area contributed by atoms with Gasteiger partial charge in [-0.3, -0.25) is 0 Å². The SMILES string of the molecule is CCC(CC)C(=O)[NH][Y]([C]1(CC)C=CC=C1)[C]1(CC)C=CC=C1. The van der Waals surface area contributed by atoms with E-state index in [9.17, 15) is 4.79 Å². The van der Waals surface area contributed by atoms with Gasteiger partial charge in [0, 0.05) is 0 Å². The van der Waals surface area contributed by atoms with Crippen LogP contribution < -0.4 is 2.45 Å².